The monoisotopic (exact) mass is 790 g/mol. The van der Waals surface area contributed by atoms with Crippen molar-refractivity contribution in [2.24, 2.45) is 5.41 Å². The molecule has 0 amide bonds. The summed E-state index contributed by atoms with van der Waals surface area (Å²) >= 11 is 0. The minimum Gasteiger partial charge on any atom is -0.463 e. The van der Waals surface area contributed by atoms with Crippen LogP contribution in [0.15, 0.2) is 0 Å². The number of esters is 2. The molecule has 56 heavy (non-hydrogen) atoms. The van der Waals surface area contributed by atoms with Crippen LogP contribution in [0.2, 0.25) is 0 Å². The van der Waals surface area contributed by atoms with Gasteiger partial charge in [-0.15, -0.1) is 0 Å². The van der Waals surface area contributed by atoms with Crippen LogP contribution >= 0.6 is 0 Å². The number of nitrogens with one attached hydrogen (secondary N) is 1. The Morgan fingerprint density at radius 2 is 0.893 bits per heavy atom. The number of ether oxygens (including phenoxy) is 3. The van der Waals surface area contributed by atoms with Gasteiger partial charge in [0.2, 0.25) is 0 Å². The van der Waals surface area contributed by atoms with E-state index in [-0.39, 0.29) is 24.1 Å². The first-order chi connectivity index (χ1) is 27.4. The molecule has 1 aliphatic carbocycles. The second-order valence-corrected chi connectivity index (χ2v) is 18.7. The highest BCUT2D eigenvalue weighted by Crippen LogP contribution is 2.47. The van der Waals surface area contributed by atoms with E-state index in [0.717, 1.165) is 58.2 Å². The Balaban J connectivity index is 1.57. The quantitative estimate of drug-likeness (QED) is 0.0491. The van der Waals surface area contributed by atoms with Crippen LogP contribution in [0, 0.1) is 5.41 Å². The third-order valence-electron chi connectivity index (χ3n) is 12.9. The van der Waals surface area contributed by atoms with Crippen LogP contribution in [0.1, 0.15) is 265 Å². The van der Waals surface area contributed by atoms with E-state index < -0.39 is 0 Å². The van der Waals surface area contributed by atoms with Gasteiger partial charge in [0.15, 0.2) is 0 Å². The molecule has 1 N–H and O–H groups in total. The van der Waals surface area contributed by atoms with Crippen molar-refractivity contribution in [3.63, 3.8) is 0 Å². The van der Waals surface area contributed by atoms with E-state index in [4.69, 9.17) is 14.2 Å². The molecule has 2 atom stereocenters. The van der Waals surface area contributed by atoms with E-state index in [2.05, 4.69) is 33.0 Å². The molecule has 1 saturated carbocycles. The normalized spacial score (nSPS) is 16.2. The molecule has 2 rings (SSSR count). The summed E-state index contributed by atoms with van der Waals surface area (Å²) in [6.07, 6.45) is 44.3. The lowest BCUT2D eigenvalue weighted by Gasteiger charge is -2.54. The Morgan fingerprint density at radius 1 is 0.518 bits per heavy atom. The summed E-state index contributed by atoms with van der Waals surface area (Å²) in [4.78, 5) is 25.2. The summed E-state index contributed by atoms with van der Waals surface area (Å²) in [7, 11) is 0. The van der Waals surface area contributed by atoms with Gasteiger partial charge in [-0.05, 0) is 84.0 Å². The molecule has 1 spiro atoms. The second kappa shape index (κ2) is 34.7. The van der Waals surface area contributed by atoms with Crippen molar-refractivity contribution in [3.05, 3.63) is 0 Å². The Bertz CT molecular complexity index is 897. The zero-order valence-electron chi connectivity index (χ0n) is 37.9. The van der Waals surface area contributed by atoms with Crippen LogP contribution in [0.5, 0.6) is 0 Å². The first-order valence-corrected chi connectivity index (χ1v) is 25.1. The SMILES string of the molecule is CCCCCCCCC(C)OC(=O)CCCCCCCC(CCCCCCCC(=O)OC(CCCCCCCC)CCCCCCCC)NC1CC2(COC2)C1. The molecule has 330 valence electrons. The molecule has 1 saturated heterocycles. The lowest BCUT2D eigenvalue weighted by atomic mass is 9.64. The van der Waals surface area contributed by atoms with Crippen LogP contribution in [0.25, 0.3) is 0 Å². The van der Waals surface area contributed by atoms with E-state index in [0.29, 0.717) is 30.3 Å². The molecule has 0 aromatic heterocycles. The van der Waals surface area contributed by atoms with Crippen molar-refractivity contribution in [3.8, 4) is 0 Å². The van der Waals surface area contributed by atoms with Crippen LogP contribution < -0.4 is 5.32 Å². The maximum Gasteiger partial charge on any atom is 0.306 e. The number of carbonyl (C=O) groups is 2. The number of hydrogen-bond donors (Lipinski definition) is 1. The molecule has 6 nitrogen and oxygen atoms in total. The summed E-state index contributed by atoms with van der Waals surface area (Å²) in [6, 6.07) is 1.27. The van der Waals surface area contributed by atoms with Gasteiger partial charge >= 0.3 is 11.9 Å². The number of unbranched alkanes of at least 4 members (excludes halogenated alkanes) is 23. The molecular weight excluding hydrogens is 695 g/mol. The van der Waals surface area contributed by atoms with Crippen molar-refractivity contribution < 1.29 is 23.8 Å². The Labute approximate surface area is 348 Å². The van der Waals surface area contributed by atoms with Crippen molar-refractivity contribution in [2.45, 2.75) is 290 Å². The van der Waals surface area contributed by atoms with Gasteiger partial charge in [-0.3, -0.25) is 9.59 Å². The highest BCUT2D eigenvalue weighted by atomic mass is 16.5. The summed E-state index contributed by atoms with van der Waals surface area (Å²) in [5.74, 6) is 0.0359. The number of rotatable bonds is 41. The topological polar surface area (TPSA) is 73.9 Å². The molecular formula is C50H95NO5. The molecule has 0 radical (unpaired) electrons. The van der Waals surface area contributed by atoms with Gasteiger partial charge in [0.25, 0.3) is 0 Å². The van der Waals surface area contributed by atoms with Gasteiger partial charge in [0, 0.05) is 30.3 Å². The Kier molecular flexibility index (Phi) is 31.6. The molecule has 0 bridgehead atoms. The van der Waals surface area contributed by atoms with Gasteiger partial charge in [-0.1, -0.05) is 168 Å². The molecule has 1 aliphatic heterocycles. The third-order valence-corrected chi connectivity index (χ3v) is 12.9. The van der Waals surface area contributed by atoms with Crippen molar-refractivity contribution >= 4 is 11.9 Å². The molecule has 0 aromatic rings. The predicted molar refractivity (Wildman–Crippen MR) is 237 cm³/mol. The first kappa shape index (κ1) is 51.0. The molecule has 1 heterocycles. The zero-order chi connectivity index (χ0) is 40.4. The maximum atomic E-state index is 12.8. The molecule has 0 aromatic carbocycles. The number of carbonyl (C=O) groups excluding carboxylic acids is 2. The smallest absolute Gasteiger partial charge is 0.306 e. The summed E-state index contributed by atoms with van der Waals surface area (Å²) < 4.78 is 17.3. The fourth-order valence-electron chi connectivity index (χ4n) is 9.12. The molecule has 2 aliphatic rings. The average molecular weight is 790 g/mol. The summed E-state index contributed by atoms with van der Waals surface area (Å²) in [5, 5.41) is 4.05. The minimum absolute atomic E-state index is 0.00550. The Hall–Kier alpha value is -1.14. The first-order valence-electron chi connectivity index (χ1n) is 25.1. The molecule has 6 heteroatoms. The standard InChI is InChI=1S/C50H95NO5/c1-5-8-11-14-19-26-33-44(4)55-48(52)38-31-24-17-20-27-34-45(51-46-40-50(41-46)42-54-43-50)35-28-21-18-25-32-39-49(53)56-47(36-29-22-15-12-9-6-2)37-30-23-16-13-10-7-3/h44-47,51H,5-43H2,1-4H3. The van der Waals surface area contributed by atoms with E-state index in [1.54, 1.807) is 0 Å². The zero-order valence-corrected chi connectivity index (χ0v) is 37.9. The minimum atomic E-state index is -0.00550. The molecule has 2 unspecified atom stereocenters. The van der Waals surface area contributed by atoms with E-state index >= 15 is 0 Å². The Morgan fingerprint density at radius 3 is 1.32 bits per heavy atom. The highest BCUT2D eigenvalue weighted by Gasteiger charge is 2.49. The predicted octanol–water partition coefficient (Wildman–Crippen LogP) is 14.7. The summed E-state index contributed by atoms with van der Waals surface area (Å²) in [5.41, 5.74) is 0.499. The van der Waals surface area contributed by atoms with Crippen LogP contribution in [0.3, 0.4) is 0 Å². The van der Waals surface area contributed by atoms with Crippen LogP contribution in [-0.4, -0.2) is 49.4 Å². The summed E-state index contributed by atoms with van der Waals surface area (Å²) in [6.45, 7) is 10.8. The fourth-order valence-corrected chi connectivity index (χ4v) is 9.12. The average Bonchev–Trinajstić information content (AvgIpc) is 3.14. The van der Waals surface area contributed by atoms with Crippen molar-refractivity contribution in [1.29, 1.82) is 0 Å². The van der Waals surface area contributed by atoms with Gasteiger partial charge < -0.3 is 19.5 Å². The van der Waals surface area contributed by atoms with Crippen LogP contribution in [-0.2, 0) is 23.8 Å². The molecule has 2 fully saturated rings. The van der Waals surface area contributed by atoms with Gasteiger partial charge in [0.1, 0.15) is 6.10 Å². The van der Waals surface area contributed by atoms with Gasteiger partial charge in [0.05, 0.1) is 19.3 Å². The van der Waals surface area contributed by atoms with Gasteiger partial charge in [-0.25, -0.2) is 0 Å². The second-order valence-electron chi connectivity index (χ2n) is 18.7. The third kappa shape index (κ3) is 26.8. The van der Waals surface area contributed by atoms with E-state index in [1.165, 1.54) is 180 Å². The number of hydrogen-bond acceptors (Lipinski definition) is 6. The van der Waals surface area contributed by atoms with Crippen LogP contribution in [0.4, 0.5) is 0 Å². The van der Waals surface area contributed by atoms with Crippen molar-refractivity contribution in [2.75, 3.05) is 13.2 Å². The maximum absolute atomic E-state index is 12.8. The van der Waals surface area contributed by atoms with Gasteiger partial charge in [-0.2, -0.15) is 0 Å². The lowest BCUT2D eigenvalue weighted by Crippen LogP contribution is -2.60. The lowest BCUT2D eigenvalue weighted by molar-refractivity contribution is -0.168. The fraction of sp³-hybridized carbons (Fsp3) is 0.960. The largest absolute Gasteiger partial charge is 0.463 e. The van der Waals surface area contributed by atoms with E-state index in [1.807, 2.05) is 0 Å². The van der Waals surface area contributed by atoms with Crippen molar-refractivity contribution in [1.82, 2.24) is 5.32 Å². The highest BCUT2D eigenvalue weighted by molar-refractivity contribution is 5.69. The van der Waals surface area contributed by atoms with E-state index in [9.17, 15) is 9.59 Å².